The maximum Gasteiger partial charge on any atom is 0.314 e. The van der Waals surface area contributed by atoms with Crippen LogP contribution >= 0.6 is 0 Å². The summed E-state index contributed by atoms with van der Waals surface area (Å²) in [5.41, 5.74) is 1.36. The van der Waals surface area contributed by atoms with Gasteiger partial charge < -0.3 is 15.4 Å². The number of hydrogen-bond acceptors (Lipinski definition) is 3. The number of carbonyl (C=O) groups excluding carboxylic acids is 1. The van der Waals surface area contributed by atoms with Crippen LogP contribution < -0.4 is 10.6 Å². The highest BCUT2D eigenvalue weighted by Gasteiger charge is 2.09. The lowest BCUT2D eigenvalue weighted by Crippen LogP contribution is -2.43. The molecular weight excluding hydrogens is 278 g/mol. The van der Waals surface area contributed by atoms with Gasteiger partial charge in [-0.25, -0.2) is 4.79 Å². The van der Waals surface area contributed by atoms with Gasteiger partial charge in [-0.2, -0.15) is 0 Å². The summed E-state index contributed by atoms with van der Waals surface area (Å²) in [7, 11) is 0. The second-order valence-corrected chi connectivity index (χ2v) is 5.58. The third-order valence-electron chi connectivity index (χ3n) is 3.84. The van der Waals surface area contributed by atoms with Crippen molar-refractivity contribution in [2.45, 2.75) is 19.3 Å². The van der Waals surface area contributed by atoms with Gasteiger partial charge in [0.15, 0.2) is 0 Å². The van der Waals surface area contributed by atoms with Crippen molar-refractivity contribution in [3.8, 4) is 0 Å². The molecule has 5 heteroatoms. The van der Waals surface area contributed by atoms with Crippen LogP contribution in [0.1, 0.15) is 18.4 Å². The molecular formula is C17H27N3O2. The standard InChI is InChI=1S/C17H27N3O2/c21-17(19-10-11-20-12-14-22-15-13-20)18-9-5-4-8-16-6-2-1-3-7-16/h1-3,6-7H,4-5,8-15H2,(H2,18,19,21). The number of hydrogen-bond donors (Lipinski definition) is 2. The molecule has 1 aliphatic heterocycles. The first kappa shape index (κ1) is 16.8. The molecule has 0 atom stereocenters. The number of rotatable bonds is 8. The van der Waals surface area contributed by atoms with E-state index in [1.54, 1.807) is 0 Å². The van der Waals surface area contributed by atoms with Gasteiger partial charge >= 0.3 is 6.03 Å². The largest absolute Gasteiger partial charge is 0.379 e. The Hall–Kier alpha value is -1.59. The van der Waals surface area contributed by atoms with Gasteiger partial charge in [-0.1, -0.05) is 30.3 Å². The van der Waals surface area contributed by atoms with E-state index in [0.717, 1.165) is 58.7 Å². The van der Waals surface area contributed by atoms with Gasteiger partial charge in [-0.05, 0) is 24.8 Å². The monoisotopic (exact) mass is 305 g/mol. The van der Waals surface area contributed by atoms with E-state index in [9.17, 15) is 4.79 Å². The van der Waals surface area contributed by atoms with Crippen LogP contribution in [0.5, 0.6) is 0 Å². The van der Waals surface area contributed by atoms with Crippen molar-refractivity contribution in [3.05, 3.63) is 35.9 Å². The maximum atomic E-state index is 11.7. The molecule has 22 heavy (non-hydrogen) atoms. The summed E-state index contributed by atoms with van der Waals surface area (Å²) in [4.78, 5) is 14.0. The Morgan fingerprint density at radius 1 is 1.05 bits per heavy atom. The molecule has 1 aromatic rings. The number of carbonyl (C=O) groups is 1. The number of amides is 2. The SMILES string of the molecule is O=C(NCCCCc1ccccc1)NCCN1CCOCC1. The van der Waals surface area contributed by atoms with Crippen LogP contribution in [0.4, 0.5) is 4.79 Å². The molecule has 0 aromatic heterocycles. The molecule has 2 rings (SSSR count). The van der Waals surface area contributed by atoms with Crippen LogP contribution in [0.25, 0.3) is 0 Å². The Bertz CT molecular complexity index is 419. The Kier molecular flexibility index (Phi) is 7.77. The number of ether oxygens (including phenoxy) is 1. The fourth-order valence-corrected chi connectivity index (χ4v) is 2.52. The minimum Gasteiger partial charge on any atom is -0.379 e. The minimum atomic E-state index is -0.0621. The van der Waals surface area contributed by atoms with Gasteiger partial charge in [0.05, 0.1) is 13.2 Å². The van der Waals surface area contributed by atoms with E-state index >= 15 is 0 Å². The zero-order valence-corrected chi connectivity index (χ0v) is 13.2. The van der Waals surface area contributed by atoms with E-state index in [4.69, 9.17) is 4.74 Å². The molecule has 1 heterocycles. The number of morpholine rings is 1. The highest BCUT2D eigenvalue weighted by molar-refractivity contribution is 5.73. The van der Waals surface area contributed by atoms with Gasteiger partial charge in [0.1, 0.15) is 0 Å². The lowest BCUT2D eigenvalue weighted by Gasteiger charge is -2.26. The van der Waals surface area contributed by atoms with Gasteiger partial charge in [0, 0.05) is 32.7 Å². The lowest BCUT2D eigenvalue weighted by molar-refractivity contribution is 0.0387. The summed E-state index contributed by atoms with van der Waals surface area (Å²) in [6.45, 7) is 5.84. The molecule has 0 aliphatic carbocycles. The highest BCUT2D eigenvalue weighted by Crippen LogP contribution is 2.03. The van der Waals surface area contributed by atoms with E-state index in [-0.39, 0.29) is 6.03 Å². The molecule has 2 N–H and O–H groups in total. The predicted molar refractivity (Wildman–Crippen MR) is 88.0 cm³/mol. The third kappa shape index (κ3) is 6.91. The minimum absolute atomic E-state index is 0.0621. The van der Waals surface area contributed by atoms with E-state index in [2.05, 4.69) is 39.8 Å². The zero-order chi connectivity index (χ0) is 15.5. The first-order valence-electron chi connectivity index (χ1n) is 8.20. The fourth-order valence-electron chi connectivity index (χ4n) is 2.52. The van der Waals surface area contributed by atoms with Crippen LogP contribution in [0.3, 0.4) is 0 Å². The van der Waals surface area contributed by atoms with Crippen molar-refractivity contribution < 1.29 is 9.53 Å². The average molecular weight is 305 g/mol. The summed E-state index contributed by atoms with van der Waals surface area (Å²) in [6, 6.07) is 10.4. The van der Waals surface area contributed by atoms with Crippen molar-refractivity contribution in [2.24, 2.45) is 0 Å². The molecule has 5 nitrogen and oxygen atoms in total. The Morgan fingerprint density at radius 2 is 1.77 bits per heavy atom. The summed E-state index contributed by atoms with van der Waals surface area (Å²) >= 11 is 0. The van der Waals surface area contributed by atoms with E-state index in [0.29, 0.717) is 6.54 Å². The van der Waals surface area contributed by atoms with E-state index in [1.165, 1.54) is 5.56 Å². The average Bonchev–Trinajstić information content (AvgIpc) is 2.56. The van der Waals surface area contributed by atoms with Crippen molar-refractivity contribution >= 4 is 6.03 Å². The van der Waals surface area contributed by atoms with Crippen LogP contribution in [0.15, 0.2) is 30.3 Å². The Balaban J connectivity index is 1.44. The summed E-state index contributed by atoms with van der Waals surface area (Å²) in [6.07, 6.45) is 3.17. The topological polar surface area (TPSA) is 53.6 Å². The van der Waals surface area contributed by atoms with Crippen molar-refractivity contribution in [1.29, 1.82) is 0 Å². The summed E-state index contributed by atoms with van der Waals surface area (Å²) < 4.78 is 5.29. The number of benzene rings is 1. The van der Waals surface area contributed by atoms with Crippen LogP contribution in [0, 0.1) is 0 Å². The molecule has 1 fully saturated rings. The van der Waals surface area contributed by atoms with Gasteiger partial charge in [0.2, 0.25) is 0 Å². The first-order chi connectivity index (χ1) is 10.8. The number of urea groups is 1. The normalized spacial score (nSPS) is 15.5. The zero-order valence-electron chi connectivity index (χ0n) is 13.2. The smallest absolute Gasteiger partial charge is 0.314 e. The predicted octanol–water partition coefficient (Wildman–Crippen LogP) is 1.64. The molecule has 2 amide bonds. The van der Waals surface area contributed by atoms with E-state index < -0.39 is 0 Å². The molecule has 122 valence electrons. The summed E-state index contributed by atoms with van der Waals surface area (Å²) in [5.74, 6) is 0. The number of unbranched alkanes of at least 4 members (excludes halogenated alkanes) is 1. The first-order valence-corrected chi connectivity index (χ1v) is 8.20. The van der Waals surface area contributed by atoms with Crippen molar-refractivity contribution in [3.63, 3.8) is 0 Å². The van der Waals surface area contributed by atoms with Crippen LogP contribution in [0.2, 0.25) is 0 Å². The molecule has 0 saturated carbocycles. The fraction of sp³-hybridized carbons (Fsp3) is 0.588. The molecule has 0 unspecified atom stereocenters. The number of nitrogens with zero attached hydrogens (tertiary/aromatic N) is 1. The number of aryl methyl sites for hydroxylation is 1. The van der Waals surface area contributed by atoms with Gasteiger partial charge in [-0.15, -0.1) is 0 Å². The second kappa shape index (κ2) is 10.2. The highest BCUT2D eigenvalue weighted by atomic mass is 16.5. The second-order valence-electron chi connectivity index (χ2n) is 5.58. The quantitative estimate of drug-likeness (QED) is 0.718. The molecule has 1 aliphatic rings. The van der Waals surface area contributed by atoms with Crippen LogP contribution in [-0.4, -0.2) is 56.9 Å². The maximum absolute atomic E-state index is 11.7. The molecule has 0 spiro atoms. The number of nitrogens with one attached hydrogen (secondary N) is 2. The van der Waals surface area contributed by atoms with Crippen molar-refractivity contribution in [1.82, 2.24) is 15.5 Å². The van der Waals surface area contributed by atoms with Crippen LogP contribution in [-0.2, 0) is 11.2 Å². The molecule has 1 aromatic carbocycles. The summed E-state index contributed by atoms with van der Waals surface area (Å²) in [5, 5.41) is 5.82. The Labute approximate surface area is 133 Å². The Morgan fingerprint density at radius 3 is 2.55 bits per heavy atom. The molecule has 0 radical (unpaired) electrons. The third-order valence-corrected chi connectivity index (χ3v) is 3.84. The molecule has 1 saturated heterocycles. The lowest BCUT2D eigenvalue weighted by atomic mass is 10.1. The van der Waals surface area contributed by atoms with Gasteiger partial charge in [-0.3, -0.25) is 4.90 Å². The van der Waals surface area contributed by atoms with Gasteiger partial charge in [0.25, 0.3) is 0 Å². The van der Waals surface area contributed by atoms with E-state index in [1.807, 2.05) is 6.07 Å². The van der Waals surface area contributed by atoms with Crippen molar-refractivity contribution in [2.75, 3.05) is 45.9 Å². The molecule has 0 bridgehead atoms.